The topological polar surface area (TPSA) is 35.5 Å². The van der Waals surface area contributed by atoms with E-state index < -0.39 is 5.82 Å². The first-order valence-corrected chi connectivity index (χ1v) is 6.20. The maximum Gasteiger partial charge on any atom is 0.168 e. The molecule has 0 radical (unpaired) electrons. The van der Waals surface area contributed by atoms with E-state index in [1.807, 2.05) is 0 Å². The number of phenolic OH excluding ortho intramolecular Hbond substituents is 1. The van der Waals surface area contributed by atoms with Gasteiger partial charge in [-0.1, -0.05) is 18.2 Å². The van der Waals surface area contributed by atoms with Crippen molar-refractivity contribution in [2.24, 2.45) is 0 Å². The fourth-order valence-corrected chi connectivity index (χ4v) is 2.35. The Hall–Kier alpha value is -1.39. The highest BCUT2D eigenvalue weighted by Crippen LogP contribution is 2.33. The molecule has 1 aromatic rings. The Bertz CT molecular complexity index is 442. The van der Waals surface area contributed by atoms with Crippen LogP contribution >= 0.6 is 0 Å². The molecule has 0 aliphatic carbocycles. The zero-order chi connectivity index (χ0) is 13.1. The summed E-state index contributed by atoms with van der Waals surface area (Å²) in [6, 6.07) is 3.34. The molecular weight excluding hydrogens is 231 g/mol. The lowest BCUT2D eigenvalue weighted by molar-refractivity contribution is 0.200. The van der Waals surface area contributed by atoms with Crippen LogP contribution < -0.4 is 5.32 Å². The number of piperazine rings is 1. The smallest absolute Gasteiger partial charge is 0.168 e. The van der Waals surface area contributed by atoms with Crippen molar-refractivity contribution in [3.63, 3.8) is 0 Å². The lowest BCUT2D eigenvalue weighted by Crippen LogP contribution is -2.44. The zero-order valence-corrected chi connectivity index (χ0v) is 10.6. The van der Waals surface area contributed by atoms with Crippen LogP contribution in [0.1, 0.15) is 17.2 Å². The van der Waals surface area contributed by atoms with E-state index in [-0.39, 0.29) is 11.8 Å². The summed E-state index contributed by atoms with van der Waals surface area (Å²) in [6.45, 7) is 8.99. The van der Waals surface area contributed by atoms with Gasteiger partial charge in [-0.3, -0.25) is 4.90 Å². The van der Waals surface area contributed by atoms with Gasteiger partial charge in [-0.2, -0.15) is 0 Å². The average Bonchev–Trinajstić information content (AvgIpc) is 2.41. The number of nitrogens with one attached hydrogen (secondary N) is 1. The van der Waals surface area contributed by atoms with Crippen LogP contribution in [0.15, 0.2) is 24.8 Å². The van der Waals surface area contributed by atoms with Crippen LogP contribution in [0.4, 0.5) is 4.39 Å². The first-order chi connectivity index (χ1) is 8.65. The van der Waals surface area contributed by atoms with Crippen LogP contribution in [-0.2, 0) is 0 Å². The fraction of sp³-hybridized carbons (Fsp3) is 0.429. The monoisotopic (exact) mass is 250 g/mol. The Kier molecular flexibility index (Phi) is 3.99. The predicted molar refractivity (Wildman–Crippen MR) is 70.2 cm³/mol. The third-order valence-corrected chi connectivity index (χ3v) is 3.43. The van der Waals surface area contributed by atoms with Gasteiger partial charge in [0.25, 0.3) is 0 Å². The first-order valence-electron chi connectivity index (χ1n) is 6.20. The molecule has 0 amide bonds. The van der Waals surface area contributed by atoms with Gasteiger partial charge in [0.05, 0.1) is 6.04 Å². The molecule has 0 spiro atoms. The molecule has 98 valence electrons. The second kappa shape index (κ2) is 5.50. The van der Waals surface area contributed by atoms with Gasteiger partial charge < -0.3 is 10.4 Å². The minimum atomic E-state index is -0.533. The van der Waals surface area contributed by atoms with Crippen LogP contribution in [0.2, 0.25) is 0 Å². The molecular formula is C14H19FN2O. The molecule has 1 heterocycles. The Balaban J connectivity index is 2.32. The van der Waals surface area contributed by atoms with E-state index in [1.54, 1.807) is 25.1 Å². The molecule has 1 aliphatic rings. The van der Waals surface area contributed by atoms with Crippen LogP contribution in [0, 0.1) is 12.7 Å². The molecule has 1 atom stereocenters. The van der Waals surface area contributed by atoms with Crippen molar-refractivity contribution in [2.45, 2.75) is 13.0 Å². The van der Waals surface area contributed by atoms with Gasteiger partial charge in [0.15, 0.2) is 11.6 Å². The SMILES string of the molecule is C=C[C@H](c1ccc(C)c(F)c1O)N1CCNCC1. The lowest BCUT2D eigenvalue weighted by Gasteiger charge is -2.33. The van der Waals surface area contributed by atoms with E-state index in [0.717, 1.165) is 26.2 Å². The molecule has 1 fully saturated rings. The summed E-state index contributed by atoms with van der Waals surface area (Å²) in [6.07, 6.45) is 1.76. The number of hydrogen-bond acceptors (Lipinski definition) is 3. The summed E-state index contributed by atoms with van der Waals surface area (Å²) < 4.78 is 13.7. The van der Waals surface area contributed by atoms with E-state index in [0.29, 0.717) is 11.1 Å². The molecule has 1 aromatic carbocycles. The molecule has 0 bridgehead atoms. The van der Waals surface area contributed by atoms with Crippen molar-refractivity contribution >= 4 is 0 Å². The summed E-state index contributed by atoms with van der Waals surface area (Å²) in [7, 11) is 0. The number of hydrogen-bond donors (Lipinski definition) is 2. The quantitative estimate of drug-likeness (QED) is 0.805. The van der Waals surface area contributed by atoms with E-state index in [2.05, 4.69) is 16.8 Å². The molecule has 4 heteroatoms. The van der Waals surface area contributed by atoms with E-state index >= 15 is 0 Å². The van der Waals surface area contributed by atoms with Crippen LogP contribution in [0.5, 0.6) is 5.75 Å². The highest BCUT2D eigenvalue weighted by molar-refractivity contribution is 5.41. The highest BCUT2D eigenvalue weighted by Gasteiger charge is 2.23. The van der Waals surface area contributed by atoms with Crippen molar-refractivity contribution in [1.82, 2.24) is 10.2 Å². The van der Waals surface area contributed by atoms with Gasteiger partial charge in [0.2, 0.25) is 0 Å². The standard InChI is InChI=1S/C14H19FN2O/c1-3-12(17-8-6-16-7-9-17)11-5-4-10(2)13(15)14(11)18/h3-5,12,16,18H,1,6-9H2,2H3/t12-/m1/s1. The molecule has 1 aliphatic heterocycles. The molecule has 3 nitrogen and oxygen atoms in total. The van der Waals surface area contributed by atoms with E-state index in [9.17, 15) is 9.50 Å². The minimum absolute atomic E-state index is 0.137. The summed E-state index contributed by atoms with van der Waals surface area (Å²) in [4.78, 5) is 2.19. The molecule has 0 aromatic heterocycles. The average molecular weight is 250 g/mol. The normalized spacial score (nSPS) is 18.6. The van der Waals surface area contributed by atoms with Crippen molar-refractivity contribution in [2.75, 3.05) is 26.2 Å². The Morgan fingerprint density at radius 1 is 1.44 bits per heavy atom. The second-order valence-corrected chi connectivity index (χ2v) is 4.60. The fourth-order valence-electron chi connectivity index (χ4n) is 2.35. The summed E-state index contributed by atoms with van der Waals surface area (Å²) in [5.74, 6) is -0.784. The molecule has 2 rings (SSSR count). The van der Waals surface area contributed by atoms with Crippen LogP contribution in [0.3, 0.4) is 0 Å². The second-order valence-electron chi connectivity index (χ2n) is 4.60. The van der Waals surface area contributed by atoms with Gasteiger partial charge in [-0.05, 0) is 12.5 Å². The number of nitrogens with zero attached hydrogens (tertiary/aromatic N) is 1. The number of phenols is 1. The van der Waals surface area contributed by atoms with Crippen molar-refractivity contribution < 1.29 is 9.50 Å². The highest BCUT2D eigenvalue weighted by atomic mass is 19.1. The molecule has 1 saturated heterocycles. The lowest BCUT2D eigenvalue weighted by atomic mass is 10.0. The number of aryl methyl sites for hydroxylation is 1. The van der Waals surface area contributed by atoms with E-state index in [4.69, 9.17) is 0 Å². The van der Waals surface area contributed by atoms with Gasteiger partial charge >= 0.3 is 0 Å². The van der Waals surface area contributed by atoms with Crippen molar-refractivity contribution in [3.05, 3.63) is 41.7 Å². The summed E-state index contributed by atoms with van der Waals surface area (Å²) in [5.41, 5.74) is 1.05. The van der Waals surface area contributed by atoms with Gasteiger partial charge in [0, 0.05) is 31.7 Å². The number of halogens is 1. The van der Waals surface area contributed by atoms with E-state index in [1.165, 1.54) is 0 Å². The summed E-state index contributed by atoms with van der Waals surface area (Å²) in [5, 5.41) is 13.2. The minimum Gasteiger partial charge on any atom is -0.505 e. The van der Waals surface area contributed by atoms with Gasteiger partial charge in [0.1, 0.15) is 0 Å². The first kappa shape index (κ1) is 13.1. The molecule has 0 saturated carbocycles. The molecule has 18 heavy (non-hydrogen) atoms. The largest absolute Gasteiger partial charge is 0.505 e. The van der Waals surface area contributed by atoms with Crippen molar-refractivity contribution in [1.29, 1.82) is 0 Å². The van der Waals surface area contributed by atoms with Crippen LogP contribution in [-0.4, -0.2) is 36.2 Å². The Morgan fingerprint density at radius 2 is 2.11 bits per heavy atom. The van der Waals surface area contributed by atoms with Crippen molar-refractivity contribution in [3.8, 4) is 5.75 Å². The van der Waals surface area contributed by atoms with Gasteiger partial charge in [-0.25, -0.2) is 4.39 Å². The molecule has 0 unspecified atom stereocenters. The number of aromatic hydroxyl groups is 1. The Labute approximate surface area is 107 Å². The zero-order valence-electron chi connectivity index (χ0n) is 10.6. The summed E-state index contributed by atoms with van der Waals surface area (Å²) >= 11 is 0. The third-order valence-electron chi connectivity index (χ3n) is 3.43. The van der Waals surface area contributed by atoms with Crippen LogP contribution in [0.25, 0.3) is 0 Å². The Morgan fingerprint density at radius 3 is 2.72 bits per heavy atom. The predicted octanol–water partition coefficient (Wildman–Crippen LogP) is 1.97. The maximum absolute atomic E-state index is 13.7. The number of benzene rings is 1. The number of rotatable bonds is 3. The van der Waals surface area contributed by atoms with Gasteiger partial charge in [-0.15, -0.1) is 6.58 Å². The maximum atomic E-state index is 13.7. The third kappa shape index (κ3) is 2.40. The molecule has 2 N–H and O–H groups in total.